The van der Waals surface area contributed by atoms with Crippen molar-refractivity contribution in [3.63, 3.8) is 0 Å². The number of anilines is 1. The second-order valence-corrected chi connectivity index (χ2v) is 7.41. The maximum atomic E-state index is 12.5. The second-order valence-electron chi connectivity index (χ2n) is 5.71. The first-order valence-electron chi connectivity index (χ1n) is 7.87. The molecule has 0 aromatic carbocycles. The minimum atomic E-state index is -3.79. The molecule has 0 atom stereocenters. The average Bonchev–Trinajstić information content (AvgIpc) is 3.23. The maximum absolute atomic E-state index is 12.5. The van der Waals surface area contributed by atoms with E-state index >= 15 is 0 Å². The lowest BCUT2D eigenvalue weighted by Gasteiger charge is -2.16. The summed E-state index contributed by atoms with van der Waals surface area (Å²) in [5, 5.41) is 3.67. The summed E-state index contributed by atoms with van der Waals surface area (Å²) in [5.74, 6) is 1.01. The van der Waals surface area contributed by atoms with Gasteiger partial charge < -0.3 is 14.2 Å². The number of hydrogen-bond acceptors (Lipinski definition) is 9. The van der Waals surface area contributed by atoms with Crippen LogP contribution in [-0.2, 0) is 16.6 Å². The third kappa shape index (κ3) is 3.71. The lowest BCUT2D eigenvalue weighted by atomic mass is 10.4. The summed E-state index contributed by atoms with van der Waals surface area (Å²) in [5.41, 5.74) is 0.302. The van der Waals surface area contributed by atoms with E-state index in [9.17, 15) is 8.42 Å². The van der Waals surface area contributed by atoms with Crippen LogP contribution in [0.1, 0.15) is 30.1 Å². The van der Waals surface area contributed by atoms with Gasteiger partial charge in [-0.05, 0) is 26.7 Å². The third-order valence-electron chi connectivity index (χ3n) is 3.88. The molecular formula is C14H20N6O4S. The lowest BCUT2D eigenvalue weighted by molar-refractivity contribution is 0.375. The van der Waals surface area contributed by atoms with Gasteiger partial charge in [-0.3, -0.25) is 0 Å². The standard InChI is InChI=1S/C14H20N6O4S/c1-9-12(10(2)24-19-9)25(21,22)15-8-11-16-13(18-14(17-11)23-3)20-6-4-5-7-20/h15H,4-8H2,1-3H3. The Morgan fingerprint density at radius 1 is 1.20 bits per heavy atom. The summed E-state index contributed by atoms with van der Waals surface area (Å²) in [6, 6.07) is 0.156. The van der Waals surface area contributed by atoms with Gasteiger partial charge in [0.25, 0.3) is 0 Å². The number of rotatable bonds is 6. The van der Waals surface area contributed by atoms with E-state index in [1.807, 2.05) is 4.90 Å². The van der Waals surface area contributed by atoms with Gasteiger partial charge in [0.05, 0.1) is 13.7 Å². The molecule has 2 aromatic rings. The molecule has 1 N–H and O–H groups in total. The topological polar surface area (TPSA) is 123 Å². The number of nitrogens with one attached hydrogen (secondary N) is 1. The number of aromatic nitrogens is 4. The van der Waals surface area contributed by atoms with E-state index in [2.05, 4.69) is 24.8 Å². The molecule has 0 aliphatic carbocycles. The highest BCUT2D eigenvalue weighted by molar-refractivity contribution is 7.89. The molecule has 3 heterocycles. The minimum Gasteiger partial charge on any atom is -0.467 e. The van der Waals surface area contributed by atoms with Crippen LogP contribution in [0.25, 0.3) is 0 Å². The summed E-state index contributed by atoms with van der Waals surface area (Å²) < 4.78 is 37.5. The van der Waals surface area contributed by atoms with E-state index in [0.29, 0.717) is 11.6 Å². The van der Waals surface area contributed by atoms with Gasteiger partial charge >= 0.3 is 6.01 Å². The molecule has 136 valence electrons. The monoisotopic (exact) mass is 368 g/mol. The van der Waals surface area contributed by atoms with Crippen molar-refractivity contribution in [2.75, 3.05) is 25.1 Å². The Kier molecular flexibility index (Phi) is 4.86. The fourth-order valence-electron chi connectivity index (χ4n) is 2.71. The van der Waals surface area contributed by atoms with Crippen LogP contribution in [-0.4, -0.2) is 48.7 Å². The van der Waals surface area contributed by atoms with Crippen molar-refractivity contribution in [3.05, 3.63) is 17.3 Å². The molecule has 0 spiro atoms. The fraction of sp³-hybridized carbons (Fsp3) is 0.571. The molecule has 25 heavy (non-hydrogen) atoms. The summed E-state index contributed by atoms with van der Waals surface area (Å²) in [7, 11) is -2.33. The smallest absolute Gasteiger partial charge is 0.321 e. The molecular weight excluding hydrogens is 348 g/mol. The normalized spacial score (nSPS) is 14.9. The highest BCUT2D eigenvalue weighted by Gasteiger charge is 2.25. The first kappa shape index (κ1) is 17.5. The van der Waals surface area contributed by atoms with Crippen molar-refractivity contribution in [2.24, 2.45) is 0 Å². The largest absolute Gasteiger partial charge is 0.467 e. The Balaban J connectivity index is 1.81. The van der Waals surface area contributed by atoms with Gasteiger partial charge in [-0.25, -0.2) is 13.1 Å². The van der Waals surface area contributed by atoms with Crippen LogP contribution < -0.4 is 14.4 Å². The number of methoxy groups -OCH3 is 1. The maximum Gasteiger partial charge on any atom is 0.321 e. The van der Waals surface area contributed by atoms with Gasteiger partial charge in [0, 0.05) is 13.1 Å². The molecule has 0 amide bonds. The van der Waals surface area contributed by atoms with E-state index in [4.69, 9.17) is 9.26 Å². The number of hydrogen-bond donors (Lipinski definition) is 1. The van der Waals surface area contributed by atoms with Gasteiger partial charge in [-0.2, -0.15) is 15.0 Å². The van der Waals surface area contributed by atoms with Gasteiger partial charge in [0.15, 0.2) is 11.6 Å². The van der Waals surface area contributed by atoms with Gasteiger partial charge in [-0.1, -0.05) is 5.16 Å². The van der Waals surface area contributed by atoms with E-state index in [1.165, 1.54) is 7.11 Å². The molecule has 11 heteroatoms. The first-order chi connectivity index (χ1) is 11.9. The molecule has 0 saturated carbocycles. The van der Waals surface area contributed by atoms with Crippen molar-refractivity contribution in [2.45, 2.75) is 38.1 Å². The fourth-order valence-corrected chi connectivity index (χ4v) is 4.01. The lowest BCUT2D eigenvalue weighted by Crippen LogP contribution is -2.27. The molecule has 1 fully saturated rings. The van der Waals surface area contributed by atoms with Gasteiger partial charge in [0.2, 0.25) is 16.0 Å². The van der Waals surface area contributed by atoms with E-state index in [1.54, 1.807) is 13.8 Å². The SMILES string of the molecule is COc1nc(CNS(=O)(=O)c2c(C)noc2C)nc(N2CCCC2)n1. The molecule has 1 saturated heterocycles. The highest BCUT2D eigenvalue weighted by atomic mass is 32.2. The van der Waals surface area contributed by atoms with Crippen molar-refractivity contribution in [1.82, 2.24) is 24.8 Å². The quantitative estimate of drug-likeness (QED) is 0.779. The zero-order valence-electron chi connectivity index (χ0n) is 14.3. The minimum absolute atomic E-state index is 0.0355. The third-order valence-corrected chi connectivity index (χ3v) is 5.52. The molecule has 10 nitrogen and oxygen atoms in total. The van der Waals surface area contributed by atoms with E-state index in [0.717, 1.165) is 25.9 Å². The van der Waals surface area contributed by atoms with E-state index < -0.39 is 10.0 Å². The zero-order valence-corrected chi connectivity index (χ0v) is 15.1. The first-order valence-corrected chi connectivity index (χ1v) is 9.35. The van der Waals surface area contributed by atoms with Gasteiger partial charge in [-0.15, -0.1) is 0 Å². The van der Waals surface area contributed by atoms with E-state index in [-0.39, 0.29) is 29.0 Å². The van der Waals surface area contributed by atoms with Crippen LogP contribution in [0.4, 0.5) is 5.95 Å². The number of sulfonamides is 1. The van der Waals surface area contributed by atoms with Gasteiger partial charge in [0.1, 0.15) is 10.6 Å². The number of aryl methyl sites for hydroxylation is 2. The average molecular weight is 368 g/mol. The Morgan fingerprint density at radius 3 is 2.52 bits per heavy atom. The van der Waals surface area contributed by atoms with Crippen LogP contribution >= 0.6 is 0 Å². The molecule has 0 radical (unpaired) electrons. The number of nitrogens with zero attached hydrogens (tertiary/aromatic N) is 5. The Labute approximate surface area is 145 Å². The summed E-state index contributed by atoms with van der Waals surface area (Å²) in [6.07, 6.45) is 2.14. The molecule has 3 rings (SSSR count). The van der Waals surface area contributed by atoms with Crippen LogP contribution in [0.5, 0.6) is 6.01 Å². The highest BCUT2D eigenvalue weighted by Crippen LogP contribution is 2.20. The van der Waals surface area contributed by atoms with Crippen LogP contribution in [0.15, 0.2) is 9.42 Å². The van der Waals surface area contributed by atoms with Crippen molar-refractivity contribution < 1.29 is 17.7 Å². The van der Waals surface area contributed by atoms with Crippen molar-refractivity contribution in [3.8, 4) is 6.01 Å². The molecule has 1 aliphatic heterocycles. The zero-order chi connectivity index (χ0) is 18.0. The molecule has 2 aromatic heterocycles. The summed E-state index contributed by atoms with van der Waals surface area (Å²) in [6.45, 7) is 4.75. The molecule has 0 unspecified atom stereocenters. The summed E-state index contributed by atoms with van der Waals surface area (Å²) >= 11 is 0. The second kappa shape index (κ2) is 6.92. The number of ether oxygens (including phenoxy) is 1. The Morgan fingerprint density at radius 2 is 1.92 bits per heavy atom. The van der Waals surface area contributed by atoms with Crippen LogP contribution in [0.2, 0.25) is 0 Å². The van der Waals surface area contributed by atoms with Crippen molar-refractivity contribution >= 4 is 16.0 Å². The van der Waals surface area contributed by atoms with Crippen LogP contribution in [0, 0.1) is 13.8 Å². The summed E-state index contributed by atoms with van der Waals surface area (Å²) in [4.78, 5) is 14.8. The van der Waals surface area contributed by atoms with Crippen LogP contribution in [0.3, 0.4) is 0 Å². The van der Waals surface area contributed by atoms with Crippen molar-refractivity contribution in [1.29, 1.82) is 0 Å². The Bertz CT molecular complexity index is 841. The predicted molar refractivity (Wildman–Crippen MR) is 87.8 cm³/mol. The molecule has 0 bridgehead atoms. The predicted octanol–water partition coefficient (Wildman–Crippen LogP) is 0.564. The molecule has 1 aliphatic rings. The Hall–Kier alpha value is -2.27.